The van der Waals surface area contributed by atoms with Gasteiger partial charge >= 0.3 is 0 Å². The van der Waals surface area contributed by atoms with E-state index in [0.717, 1.165) is 5.56 Å². The van der Waals surface area contributed by atoms with Crippen LogP contribution in [-0.2, 0) is 6.42 Å². The minimum Gasteiger partial charge on any atom is -0.411 e. The molecular weight excluding hydrogens is 270 g/mol. The van der Waals surface area contributed by atoms with Crippen molar-refractivity contribution in [2.24, 2.45) is 16.0 Å². The fourth-order valence-electron chi connectivity index (χ4n) is 4.63. The molecular formula is C20H29NO. The lowest BCUT2D eigenvalue weighted by molar-refractivity contribution is -0.0162. The van der Waals surface area contributed by atoms with Crippen LogP contribution in [0.2, 0.25) is 0 Å². The van der Waals surface area contributed by atoms with E-state index in [2.05, 4.69) is 36.3 Å². The fraction of sp³-hybridized carbons (Fsp3) is 0.650. The molecule has 3 fully saturated rings. The first-order valence-electron chi connectivity index (χ1n) is 8.88. The van der Waals surface area contributed by atoms with Crippen LogP contribution in [0.5, 0.6) is 0 Å². The Hall–Kier alpha value is -1.31. The summed E-state index contributed by atoms with van der Waals surface area (Å²) in [5.74, 6) is 0. The van der Waals surface area contributed by atoms with Crippen LogP contribution in [0.25, 0.3) is 0 Å². The highest BCUT2D eigenvalue weighted by molar-refractivity contribution is 5.98. The van der Waals surface area contributed by atoms with Crippen molar-refractivity contribution in [3.63, 3.8) is 0 Å². The molecule has 1 aromatic carbocycles. The molecule has 22 heavy (non-hydrogen) atoms. The number of rotatable bonds is 5. The lowest BCUT2D eigenvalue weighted by Gasteiger charge is -2.53. The number of hydrogen-bond acceptors (Lipinski definition) is 2. The van der Waals surface area contributed by atoms with Gasteiger partial charge in [-0.25, -0.2) is 0 Å². The van der Waals surface area contributed by atoms with Gasteiger partial charge in [0.2, 0.25) is 0 Å². The molecule has 2 bridgehead atoms. The molecule has 2 nitrogen and oxygen atoms in total. The molecule has 3 aliphatic carbocycles. The minimum atomic E-state index is 0.637. The molecule has 3 aliphatic rings. The Balaban J connectivity index is 1.59. The zero-order valence-corrected chi connectivity index (χ0v) is 14.1. The molecule has 0 aromatic heterocycles. The molecule has 2 heteroatoms. The summed E-state index contributed by atoms with van der Waals surface area (Å²) >= 11 is 0. The highest BCUT2D eigenvalue weighted by Crippen LogP contribution is 2.59. The molecule has 0 atom stereocenters. The van der Waals surface area contributed by atoms with Gasteiger partial charge in [-0.3, -0.25) is 0 Å². The quantitative estimate of drug-likeness (QED) is 0.430. The van der Waals surface area contributed by atoms with Crippen LogP contribution in [0.15, 0.2) is 29.4 Å². The van der Waals surface area contributed by atoms with Gasteiger partial charge in [-0.15, -0.1) is 0 Å². The minimum absolute atomic E-state index is 0.637. The van der Waals surface area contributed by atoms with Gasteiger partial charge in [0.15, 0.2) is 0 Å². The molecule has 1 aromatic rings. The lowest BCUT2D eigenvalue weighted by atomic mass is 9.52. The maximum atomic E-state index is 8.83. The summed E-state index contributed by atoms with van der Waals surface area (Å²) in [6, 6.07) is 8.54. The Labute approximate surface area is 134 Å². The molecule has 0 amide bonds. The van der Waals surface area contributed by atoms with Crippen molar-refractivity contribution in [1.29, 1.82) is 0 Å². The van der Waals surface area contributed by atoms with E-state index in [1.807, 2.05) is 6.92 Å². The first-order valence-corrected chi connectivity index (χ1v) is 8.88. The highest BCUT2D eigenvalue weighted by atomic mass is 16.4. The average molecular weight is 299 g/mol. The monoisotopic (exact) mass is 299 g/mol. The van der Waals surface area contributed by atoms with Gasteiger partial charge in [0.05, 0.1) is 5.71 Å². The average Bonchev–Trinajstić information content (AvgIpc) is 2.61. The summed E-state index contributed by atoms with van der Waals surface area (Å²) in [6.45, 7) is 4.22. The van der Waals surface area contributed by atoms with E-state index in [-0.39, 0.29) is 0 Å². The first kappa shape index (κ1) is 15.6. The fourth-order valence-corrected chi connectivity index (χ4v) is 4.63. The molecule has 3 saturated carbocycles. The van der Waals surface area contributed by atoms with E-state index in [9.17, 15) is 0 Å². The third kappa shape index (κ3) is 2.93. The summed E-state index contributed by atoms with van der Waals surface area (Å²) in [7, 11) is 0. The molecule has 0 heterocycles. The summed E-state index contributed by atoms with van der Waals surface area (Å²) in [4.78, 5) is 0. The van der Waals surface area contributed by atoms with Crippen LogP contribution in [0.3, 0.4) is 0 Å². The Morgan fingerprint density at radius 1 is 1.00 bits per heavy atom. The third-order valence-electron chi connectivity index (χ3n) is 6.77. The molecule has 4 rings (SSSR count). The maximum absolute atomic E-state index is 8.83. The summed E-state index contributed by atoms with van der Waals surface area (Å²) in [5.41, 5.74) is 4.46. The number of nitrogens with zero attached hydrogens (tertiary/aromatic N) is 1. The van der Waals surface area contributed by atoms with Crippen molar-refractivity contribution in [2.75, 3.05) is 0 Å². The van der Waals surface area contributed by atoms with Gasteiger partial charge in [-0.2, -0.15) is 0 Å². The number of hydrogen-bond donors (Lipinski definition) is 1. The van der Waals surface area contributed by atoms with E-state index < -0.39 is 0 Å². The largest absolute Gasteiger partial charge is 0.411 e. The van der Waals surface area contributed by atoms with Crippen molar-refractivity contribution >= 4 is 5.71 Å². The molecule has 1 N–H and O–H groups in total. The van der Waals surface area contributed by atoms with Gasteiger partial charge < -0.3 is 5.21 Å². The Morgan fingerprint density at radius 3 is 2.05 bits per heavy atom. The number of oxime groups is 1. The van der Waals surface area contributed by atoms with Gasteiger partial charge in [-0.1, -0.05) is 42.8 Å². The standard InChI is InChI=1S/C20H29NO/c1-3-19-10-13-20(14-11-19,15-12-19)9-8-17-4-6-18(7-5-17)16(2)21-22/h4-7,22H,3,8-15H2,1-2H3/b21-16-. The van der Waals surface area contributed by atoms with Crippen LogP contribution in [-0.4, -0.2) is 10.9 Å². The molecule has 0 spiro atoms. The number of benzene rings is 1. The van der Waals surface area contributed by atoms with E-state index in [1.54, 1.807) is 0 Å². The predicted molar refractivity (Wildman–Crippen MR) is 91.6 cm³/mol. The van der Waals surface area contributed by atoms with Crippen molar-refractivity contribution in [2.45, 2.75) is 71.6 Å². The first-order chi connectivity index (χ1) is 10.6. The van der Waals surface area contributed by atoms with Crippen LogP contribution in [0.4, 0.5) is 0 Å². The van der Waals surface area contributed by atoms with Crippen molar-refractivity contribution < 1.29 is 5.21 Å². The second-order valence-corrected chi connectivity index (χ2v) is 7.74. The molecule has 0 unspecified atom stereocenters. The van der Waals surface area contributed by atoms with Crippen molar-refractivity contribution in [3.05, 3.63) is 35.4 Å². The number of aryl methyl sites for hydroxylation is 1. The lowest BCUT2D eigenvalue weighted by Crippen LogP contribution is -2.41. The van der Waals surface area contributed by atoms with Crippen LogP contribution in [0.1, 0.15) is 76.3 Å². The van der Waals surface area contributed by atoms with Crippen molar-refractivity contribution in [3.8, 4) is 0 Å². The Morgan fingerprint density at radius 2 is 1.55 bits per heavy atom. The topological polar surface area (TPSA) is 32.6 Å². The zero-order valence-electron chi connectivity index (χ0n) is 14.1. The summed E-state index contributed by atoms with van der Waals surface area (Å²) in [6.07, 6.45) is 12.7. The van der Waals surface area contributed by atoms with Gasteiger partial charge in [0, 0.05) is 0 Å². The summed E-state index contributed by atoms with van der Waals surface area (Å²) < 4.78 is 0. The van der Waals surface area contributed by atoms with Crippen LogP contribution < -0.4 is 0 Å². The summed E-state index contributed by atoms with van der Waals surface area (Å²) in [5, 5.41) is 12.1. The van der Waals surface area contributed by atoms with E-state index in [1.165, 1.54) is 63.4 Å². The maximum Gasteiger partial charge on any atom is 0.0836 e. The molecule has 0 saturated heterocycles. The SMILES string of the molecule is CCC12CCC(CCc3ccc(/C(C)=N\O)cc3)(CC1)CC2. The predicted octanol–water partition coefficient (Wildman–Crippen LogP) is 5.57. The van der Waals surface area contributed by atoms with Crippen molar-refractivity contribution in [1.82, 2.24) is 0 Å². The van der Waals surface area contributed by atoms with Crippen LogP contribution in [0, 0.1) is 10.8 Å². The molecule has 0 aliphatic heterocycles. The second kappa shape index (κ2) is 6.06. The zero-order chi connectivity index (χ0) is 15.6. The second-order valence-electron chi connectivity index (χ2n) is 7.74. The highest BCUT2D eigenvalue weighted by Gasteiger charge is 2.46. The molecule has 0 radical (unpaired) electrons. The number of fused-ring (bicyclic) bond motifs is 3. The molecule has 120 valence electrons. The van der Waals surface area contributed by atoms with Gasteiger partial charge in [-0.05, 0) is 80.2 Å². The Kier molecular flexibility index (Phi) is 4.29. The van der Waals surface area contributed by atoms with E-state index >= 15 is 0 Å². The Bertz CT molecular complexity index is 519. The van der Waals surface area contributed by atoms with Gasteiger partial charge in [0.1, 0.15) is 0 Å². The van der Waals surface area contributed by atoms with Crippen LogP contribution >= 0.6 is 0 Å². The van der Waals surface area contributed by atoms with Gasteiger partial charge in [0.25, 0.3) is 0 Å². The van der Waals surface area contributed by atoms with E-state index in [0.29, 0.717) is 16.5 Å². The van der Waals surface area contributed by atoms with E-state index in [4.69, 9.17) is 5.21 Å². The smallest absolute Gasteiger partial charge is 0.0836 e. The normalized spacial score (nSPS) is 31.5. The third-order valence-corrected chi connectivity index (χ3v) is 6.77.